The molecule has 6 nitrogen and oxygen atoms in total. The van der Waals surface area contributed by atoms with Crippen molar-refractivity contribution >= 4 is 5.91 Å². The Bertz CT molecular complexity index is 924. The largest absolute Gasteiger partial charge is 0.427 e. The molecule has 30 heavy (non-hydrogen) atoms. The van der Waals surface area contributed by atoms with E-state index in [0.717, 1.165) is 51.8 Å². The fraction of sp³-hybridized carbons (Fsp3) is 0.500. The number of ether oxygens (including phenoxy) is 1. The molecule has 4 rings (SSSR count). The van der Waals surface area contributed by atoms with Gasteiger partial charge in [0, 0.05) is 13.0 Å². The Morgan fingerprint density at radius 2 is 1.97 bits per heavy atom. The number of hydrogen-bond acceptors (Lipinski definition) is 5. The van der Waals surface area contributed by atoms with Crippen LogP contribution in [0, 0.1) is 6.92 Å². The van der Waals surface area contributed by atoms with Crippen LogP contribution in [0.4, 0.5) is 0 Å². The Labute approximate surface area is 177 Å². The number of amides is 1. The molecule has 1 aromatic heterocycles. The second-order valence-electron chi connectivity index (χ2n) is 8.38. The van der Waals surface area contributed by atoms with E-state index in [1.807, 2.05) is 24.3 Å². The van der Waals surface area contributed by atoms with Gasteiger partial charge in [0.05, 0.1) is 11.6 Å². The molecule has 160 valence electrons. The Morgan fingerprint density at radius 3 is 2.70 bits per heavy atom. The van der Waals surface area contributed by atoms with Gasteiger partial charge in [-0.3, -0.25) is 4.79 Å². The number of nitrogens with one attached hydrogen (secondary N) is 2. The van der Waals surface area contributed by atoms with E-state index in [1.54, 1.807) is 6.92 Å². The van der Waals surface area contributed by atoms with Gasteiger partial charge in [0.25, 0.3) is 5.91 Å². The van der Waals surface area contributed by atoms with E-state index in [9.17, 15) is 9.59 Å². The molecule has 1 unspecified atom stereocenters. The first-order chi connectivity index (χ1) is 14.6. The standard InChI is InChI=1S/C24H30N2O4/c1-17-16-19(10-9-18-6-3-2-4-7-18)30-23(28)21(17)22(27)26-20-8-5-15-29-24(20)11-13-25-14-12-24/h2-4,6-7,16,20,25H,5,8-15H2,1H3,(H,26,27). The van der Waals surface area contributed by atoms with Crippen molar-refractivity contribution in [2.75, 3.05) is 19.7 Å². The number of benzene rings is 1. The summed E-state index contributed by atoms with van der Waals surface area (Å²) in [4.78, 5) is 25.7. The van der Waals surface area contributed by atoms with Crippen LogP contribution < -0.4 is 16.3 Å². The summed E-state index contributed by atoms with van der Waals surface area (Å²) in [5.41, 5.74) is 1.05. The van der Waals surface area contributed by atoms with E-state index in [-0.39, 0.29) is 23.1 Å². The Hall–Kier alpha value is -2.44. The summed E-state index contributed by atoms with van der Waals surface area (Å²) in [6, 6.07) is 11.8. The van der Waals surface area contributed by atoms with E-state index in [4.69, 9.17) is 9.15 Å². The molecule has 0 bridgehead atoms. The molecule has 6 heteroatoms. The van der Waals surface area contributed by atoms with Crippen LogP contribution in [0.15, 0.2) is 45.6 Å². The van der Waals surface area contributed by atoms with Crippen molar-refractivity contribution in [3.05, 3.63) is 69.3 Å². The lowest BCUT2D eigenvalue weighted by Crippen LogP contribution is -2.60. The molecule has 2 aliphatic heterocycles. The maximum absolute atomic E-state index is 13.0. The average molecular weight is 411 g/mol. The van der Waals surface area contributed by atoms with Crippen LogP contribution in [0.1, 0.15) is 52.9 Å². The predicted octanol–water partition coefficient (Wildman–Crippen LogP) is 2.76. The number of rotatable bonds is 5. The number of carbonyl (C=O) groups excluding carboxylic acids is 1. The van der Waals surface area contributed by atoms with Crippen molar-refractivity contribution in [2.45, 2.75) is 57.1 Å². The van der Waals surface area contributed by atoms with Crippen molar-refractivity contribution in [3.8, 4) is 0 Å². The van der Waals surface area contributed by atoms with Crippen molar-refractivity contribution in [2.24, 2.45) is 0 Å². The van der Waals surface area contributed by atoms with Crippen LogP contribution in [0.2, 0.25) is 0 Å². The number of carbonyl (C=O) groups is 1. The van der Waals surface area contributed by atoms with E-state index in [1.165, 1.54) is 5.56 Å². The van der Waals surface area contributed by atoms with Crippen LogP contribution in [-0.4, -0.2) is 37.2 Å². The number of hydrogen-bond donors (Lipinski definition) is 2. The van der Waals surface area contributed by atoms with Crippen molar-refractivity contribution in [1.82, 2.24) is 10.6 Å². The maximum atomic E-state index is 13.0. The topological polar surface area (TPSA) is 80.6 Å². The molecule has 2 aromatic rings. The Morgan fingerprint density at radius 1 is 1.20 bits per heavy atom. The highest BCUT2D eigenvalue weighted by atomic mass is 16.5. The Balaban J connectivity index is 1.47. The number of aryl methyl sites for hydroxylation is 3. The summed E-state index contributed by atoms with van der Waals surface area (Å²) in [5.74, 6) is 0.248. The number of piperidine rings is 1. The summed E-state index contributed by atoms with van der Waals surface area (Å²) >= 11 is 0. The first kappa shape index (κ1) is 20.8. The SMILES string of the molecule is Cc1cc(CCc2ccccc2)oc(=O)c1C(=O)NC1CCCOC12CCNCC2. The fourth-order valence-corrected chi connectivity index (χ4v) is 4.68. The average Bonchev–Trinajstić information content (AvgIpc) is 2.75. The molecule has 0 saturated carbocycles. The van der Waals surface area contributed by atoms with Gasteiger partial charge in [-0.15, -0.1) is 0 Å². The zero-order chi connectivity index (χ0) is 21.0. The van der Waals surface area contributed by atoms with E-state index in [2.05, 4.69) is 22.8 Å². The summed E-state index contributed by atoms with van der Waals surface area (Å²) in [7, 11) is 0. The minimum absolute atomic E-state index is 0.0857. The van der Waals surface area contributed by atoms with Gasteiger partial charge in [-0.1, -0.05) is 30.3 Å². The molecule has 1 spiro atoms. The smallest absolute Gasteiger partial charge is 0.349 e. The molecule has 3 heterocycles. The minimum atomic E-state index is -0.563. The summed E-state index contributed by atoms with van der Waals surface area (Å²) in [5, 5.41) is 6.46. The van der Waals surface area contributed by atoms with Gasteiger partial charge in [-0.2, -0.15) is 0 Å². The van der Waals surface area contributed by atoms with Gasteiger partial charge < -0.3 is 19.8 Å². The quantitative estimate of drug-likeness (QED) is 0.792. The molecule has 2 saturated heterocycles. The van der Waals surface area contributed by atoms with Gasteiger partial charge in [0.2, 0.25) is 0 Å². The van der Waals surface area contributed by atoms with E-state index >= 15 is 0 Å². The summed E-state index contributed by atoms with van der Waals surface area (Å²) < 4.78 is 11.7. The van der Waals surface area contributed by atoms with Gasteiger partial charge >= 0.3 is 5.63 Å². The van der Waals surface area contributed by atoms with Crippen molar-refractivity contribution in [3.63, 3.8) is 0 Å². The zero-order valence-corrected chi connectivity index (χ0v) is 17.5. The molecule has 1 aromatic carbocycles. The highest BCUT2D eigenvalue weighted by Crippen LogP contribution is 2.33. The third kappa shape index (κ3) is 4.50. The van der Waals surface area contributed by atoms with Gasteiger partial charge in [-0.05, 0) is 69.3 Å². The first-order valence-corrected chi connectivity index (χ1v) is 10.9. The maximum Gasteiger partial charge on any atom is 0.349 e. The van der Waals surface area contributed by atoms with Crippen molar-refractivity contribution in [1.29, 1.82) is 0 Å². The second-order valence-corrected chi connectivity index (χ2v) is 8.38. The van der Waals surface area contributed by atoms with Crippen LogP contribution >= 0.6 is 0 Å². The molecule has 1 amide bonds. The fourth-order valence-electron chi connectivity index (χ4n) is 4.68. The minimum Gasteiger partial charge on any atom is -0.427 e. The van der Waals surface area contributed by atoms with E-state index in [0.29, 0.717) is 17.7 Å². The molecular weight excluding hydrogens is 380 g/mol. The normalized spacial score (nSPS) is 20.8. The highest BCUT2D eigenvalue weighted by molar-refractivity contribution is 5.95. The summed E-state index contributed by atoms with van der Waals surface area (Å²) in [6.45, 7) is 4.28. The molecule has 0 radical (unpaired) electrons. The molecule has 0 aliphatic carbocycles. The Kier molecular flexibility index (Phi) is 6.35. The monoisotopic (exact) mass is 410 g/mol. The third-order valence-electron chi connectivity index (χ3n) is 6.35. The lowest BCUT2D eigenvalue weighted by atomic mass is 9.80. The van der Waals surface area contributed by atoms with E-state index < -0.39 is 5.63 Å². The molecule has 2 N–H and O–H groups in total. The molecular formula is C24H30N2O4. The third-order valence-corrected chi connectivity index (χ3v) is 6.35. The van der Waals surface area contributed by atoms with Gasteiger partial charge in [0.15, 0.2) is 0 Å². The lowest BCUT2D eigenvalue weighted by molar-refractivity contribution is -0.114. The highest BCUT2D eigenvalue weighted by Gasteiger charge is 2.44. The van der Waals surface area contributed by atoms with Crippen LogP contribution in [0.5, 0.6) is 0 Å². The molecule has 2 aliphatic rings. The van der Waals surface area contributed by atoms with Crippen LogP contribution in [0.3, 0.4) is 0 Å². The molecule has 1 atom stereocenters. The second kappa shape index (κ2) is 9.14. The predicted molar refractivity (Wildman–Crippen MR) is 115 cm³/mol. The van der Waals surface area contributed by atoms with Gasteiger partial charge in [-0.25, -0.2) is 4.79 Å². The van der Waals surface area contributed by atoms with Crippen molar-refractivity contribution < 1.29 is 13.9 Å². The lowest BCUT2D eigenvalue weighted by Gasteiger charge is -2.46. The summed E-state index contributed by atoms with van der Waals surface area (Å²) in [6.07, 6.45) is 4.91. The first-order valence-electron chi connectivity index (χ1n) is 10.9. The molecule has 2 fully saturated rings. The van der Waals surface area contributed by atoms with Gasteiger partial charge in [0.1, 0.15) is 11.3 Å². The zero-order valence-electron chi connectivity index (χ0n) is 17.5. The van der Waals surface area contributed by atoms with Crippen LogP contribution in [-0.2, 0) is 17.6 Å². The van der Waals surface area contributed by atoms with Crippen LogP contribution in [0.25, 0.3) is 0 Å².